The summed E-state index contributed by atoms with van der Waals surface area (Å²) >= 11 is 0. The highest BCUT2D eigenvalue weighted by Crippen LogP contribution is 2.03. The maximum Gasteiger partial charge on any atom is 0.168 e. The first-order valence-corrected chi connectivity index (χ1v) is 3.12. The Kier molecular flexibility index (Phi) is 4.00. The van der Waals surface area contributed by atoms with Crippen LogP contribution in [-0.2, 0) is 0 Å². The lowest BCUT2D eigenvalue weighted by Crippen LogP contribution is -2.42. The summed E-state index contributed by atoms with van der Waals surface area (Å²) in [5.74, 6) is 0. The van der Waals surface area contributed by atoms with Crippen LogP contribution in [0.3, 0.4) is 0 Å². The van der Waals surface area contributed by atoms with Crippen LogP contribution < -0.4 is 0 Å². The van der Waals surface area contributed by atoms with Crippen LogP contribution >= 0.6 is 0 Å². The molecule has 64 valence electrons. The second kappa shape index (κ2) is 4.26. The van der Waals surface area contributed by atoms with Gasteiger partial charge in [-0.3, -0.25) is 0 Å². The van der Waals surface area contributed by atoms with Crippen molar-refractivity contribution >= 4 is 0 Å². The van der Waals surface area contributed by atoms with Crippen molar-refractivity contribution in [2.45, 2.75) is 31.3 Å². The van der Waals surface area contributed by atoms with E-state index in [1.165, 1.54) is 13.0 Å². The molecule has 0 heterocycles. The molecule has 0 aliphatic heterocycles. The Morgan fingerprint density at radius 2 is 1.55 bits per heavy atom. The number of nitrogens with zero attached hydrogens (tertiary/aromatic N) is 1. The fourth-order valence-electron chi connectivity index (χ4n) is 0.548. The summed E-state index contributed by atoms with van der Waals surface area (Å²) in [5, 5.41) is 43.2. The molecule has 0 aromatic heterocycles. The van der Waals surface area contributed by atoms with Crippen LogP contribution in [0, 0.1) is 11.3 Å². The molecule has 0 aliphatic carbocycles. The van der Waals surface area contributed by atoms with Crippen LogP contribution in [0.1, 0.15) is 6.92 Å². The number of aliphatic hydroxyl groups excluding tert-OH is 4. The van der Waals surface area contributed by atoms with E-state index in [1.807, 2.05) is 0 Å². The molecule has 5 heteroatoms. The molecule has 4 N–H and O–H groups in total. The Balaban J connectivity index is 4.03. The molecule has 0 aromatic rings. The standard InChI is InChI=1S/C6H11NO4/c1-3(8)5(10)6(11)4(9)2-7/h3-6,8-11H,1H3/t3-,4+,5+,6+/m0/s1. The summed E-state index contributed by atoms with van der Waals surface area (Å²) in [5.41, 5.74) is 0. The van der Waals surface area contributed by atoms with Crippen LogP contribution in [0.2, 0.25) is 0 Å². The summed E-state index contributed by atoms with van der Waals surface area (Å²) in [6.45, 7) is 1.25. The van der Waals surface area contributed by atoms with Gasteiger partial charge in [0.25, 0.3) is 0 Å². The molecule has 0 aliphatic rings. The van der Waals surface area contributed by atoms with Crippen LogP contribution in [0.5, 0.6) is 0 Å². The van der Waals surface area contributed by atoms with Gasteiger partial charge in [-0.1, -0.05) is 0 Å². The SMILES string of the molecule is C[C@H](O)[C@@H](O)[C@H](O)[C@H](O)C#N. The molecule has 0 saturated carbocycles. The van der Waals surface area contributed by atoms with Gasteiger partial charge >= 0.3 is 0 Å². The molecule has 0 bridgehead atoms. The Bertz CT molecular complexity index is 153. The smallest absolute Gasteiger partial charge is 0.168 e. The molecule has 0 radical (unpaired) electrons. The van der Waals surface area contributed by atoms with Gasteiger partial charge in [0.2, 0.25) is 0 Å². The molecule has 5 nitrogen and oxygen atoms in total. The zero-order valence-corrected chi connectivity index (χ0v) is 6.05. The molecule has 0 spiro atoms. The lowest BCUT2D eigenvalue weighted by Gasteiger charge is -2.20. The van der Waals surface area contributed by atoms with Gasteiger partial charge in [0.05, 0.1) is 12.2 Å². The van der Waals surface area contributed by atoms with E-state index in [-0.39, 0.29) is 0 Å². The second-order valence-electron chi connectivity index (χ2n) is 2.30. The van der Waals surface area contributed by atoms with E-state index in [0.29, 0.717) is 0 Å². The van der Waals surface area contributed by atoms with Crippen molar-refractivity contribution in [3.05, 3.63) is 0 Å². The van der Waals surface area contributed by atoms with Crippen molar-refractivity contribution in [1.29, 1.82) is 5.26 Å². The van der Waals surface area contributed by atoms with Crippen molar-refractivity contribution < 1.29 is 20.4 Å². The number of rotatable bonds is 3. The van der Waals surface area contributed by atoms with Crippen LogP contribution in [-0.4, -0.2) is 44.8 Å². The molecule has 4 atom stereocenters. The fraction of sp³-hybridized carbons (Fsp3) is 0.833. The van der Waals surface area contributed by atoms with E-state index < -0.39 is 24.4 Å². The monoisotopic (exact) mass is 161 g/mol. The van der Waals surface area contributed by atoms with Crippen LogP contribution in [0.25, 0.3) is 0 Å². The molecular formula is C6H11NO4. The fourth-order valence-corrected chi connectivity index (χ4v) is 0.548. The maximum absolute atomic E-state index is 8.89. The van der Waals surface area contributed by atoms with Crippen LogP contribution in [0.15, 0.2) is 0 Å². The predicted molar refractivity (Wildman–Crippen MR) is 35.3 cm³/mol. The summed E-state index contributed by atoms with van der Waals surface area (Å²) in [6.07, 6.45) is -5.96. The van der Waals surface area contributed by atoms with Gasteiger partial charge in [-0.05, 0) is 6.92 Å². The van der Waals surface area contributed by atoms with E-state index in [9.17, 15) is 0 Å². The maximum atomic E-state index is 8.89. The van der Waals surface area contributed by atoms with Gasteiger partial charge in [-0.2, -0.15) is 5.26 Å². The van der Waals surface area contributed by atoms with Gasteiger partial charge in [-0.15, -0.1) is 0 Å². The van der Waals surface area contributed by atoms with Gasteiger partial charge in [0, 0.05) is 0 Å². The number of hydrogen-bond donors (Lipinski definition) is 4. The highest BCUT2D eigenvalue weighted by atomic mass is 16.4. The van der Waals surface area contributed by atoms with Gasteiger partial charge in [0.1, 0.15) is 12.2 Å². The summed E-state index contributed by atoms with van der Waals surface area (Å²) < 4.78 is 0. The van der Waals surface area contributed by atoms with Crippen molar-refractivity contribution in [2.24, 2.45) is 0 Å². The minimum atomic E-state index is -1.67. The first kappa shape index (κ1) is 10.3. The average molecular weight is 161 g/mol. The van der Waals surface area contributed by atoms with E-state index in [2.05, 4.69) is 0 Å². The predicted octanol–water partition coefficient (Wildman–Crippen LogP) is -2.03. The van der Waals surface area contributed by atoms with Crippen molar-refractivity contribution in [1.82, 2.24) is 0 Å². The first-order valence-electron chi connectivity index (χ1n) is 3.12. The minimum absolute atomic E-state index is 1.17. The summed E-state index contributed by atoms with van der Waals surface area (Å²) in [4.78, 5) is 0. The van der Waals surface area contributed by atoms with E-state index in [4.69, 9.17) is 25.7 Å². The highest BCUT2D eigenvalue weighted by molar-refractivity contribution is 4.92. The molecular weight excluding hydrogens is 150 g/mol. The third kappa shape index (κ3) is 2.82. The summed E-state index contributed by atoms with van der Waals surface area (Å²) in [7, 11) is 0. The number of aliphatic hydroxyl groups is 4. The Morgan fingerprint density at radius 3 is 1.82 bits per heavy atom. The van der Waals surface area contributed by atoms with Gasteiger partial charge < -0.3 is 20.4 Å². The lowest BCUT2D eigenvalue weighted by atomic mass is 10.1. The topological polar surface area (TPSA) is 105 Å². The number of nitriles is 1. The zero-order valence-electron chi connectivity index (χ0n) is 6.05. The van der Waals surface area contributed by atoms with E-state index >= 15 is 0 Å². The number of hydrogen-bond acceptors (Lipinski definition) is 5. The third-order valence-corrected chi connectivity index (χ3v) is 1.30. The molecule has 0 rings (SSSR count). The molecule has 0 saturated heterocycles. The third-order valence-electron chi connectivity index (χ3n) is 1.30. The van der Waals surface area contributed by atoms with Crippen molar-refractivity contribution in [3.8, 4) is 6.07 Å². The molecule has 0 unspecified atom stereocenters. The zero-order chi connectivity index (χ0) is 9.02. The molecule has 0 aromatic carbocycles. The van der Waals surface area contributed by atoms with E-state index in [1.54, 1.807) is 0 Å². The van der Waals surface area contributed by atoms with Gasteiger partial charge in [-0.25, -0.2) is 0 Å². The summed E-state index contributed by atoms with van der Waals surface area (Å²) in [6, 6.07) is 1.33. The van der Waals surface area contributed by atoms with Crippen LogP contribution in [0.4, 0.5) is 0 Å². The first-order chi connectivity index (χ1) is 5.00. The van der Waals surface area contributed by atoms with Gasteiger partial charge in [0.15, 0.2) is 6.10 Å². The molecule has 0 amide bonds. The Morgan fingerprint density at radius 1 is 1.09 bits per heavy atom. The largest absolute Gasteiger partial charge is 0.391 e. The average Bonchev–Trinajstić information content (AvgIpc) is 2.00. The second-order valence-corrected chi connectivity index (χ2v) is 2.30. The van der Waals surface area contributed by atoms with E-state index in [0.717, 1.165) is 0 Å². The van der Waals surface area contributed by atoms with Crippen molar-refractivity contribution in [3.63, 3.8) is 0 Å². The molecule has 0 fully saturated rings. The highest BCUT2D eigenvalue weighted by Gasteiger charge is 2.27. The Hall–Kier alpha value is -0.670. The minimum Gasteiger partial charge on any atom is -0.391 e. The quantitative estimate of drug-likeness (QED) is 0.357. The molecule has 11 heavy (non-hydrogen) atoms. The lowest BCUT2D eigenvalue weighted by molar-refractivity contribution is -0.0858. The normalized spacial score (nSPS) is 21.5. The van der Waals surface area contributed by atoms with Crippen molar-refractivity contribution in [2.75, 3.05) is 0 Å². The Labute approximate surface area is 64.1 Å².